The lowest BCUT2D eigenvalue weighted by Crippen LogP contribution is -2.27. The van der Waals surface area contributed by atoms with E-state index in [1.54, 1.807) is 0 Å². The average molecular weight is 183 g/mol. The molecule has 0 bridgehead atoms. The number of hydrogen-bond acceptors (Lipinski definition) is 2. The minimum atomic E-state index is 0.387. The quantitative estimate of drug-likeness (QED) is 0.627. The Hall–Kier alpha value is -0.370. The molecule has 0 saturated heterocycles. The second-order valence-electron chi connectivity index (χ2n) is 4.46. The van der Waals surface area contributed by atoms with Crippen molar-refractivity contribution in [2.75, 3.05) is 20.1 Å². The maximum Gasteiger partial charge on any atom is 0.146 e. The van der Waals surface area contributed by atoms with Gasteiger partial charge < -0.3 is 0 Å². The van der Waals surface area contributed by atoms with Crippen LogP contribution in [0.2, 0.25) is 0 Å². The molecular weight excluding hydrogens is 162 g/mol. The maximum absolute atomic E-state index is 11.3. The van der Waals surface area contributed by atoms with E-state index in [-0.39, 0.29) is 0 Å². The molecule has 2 unspecified atom stereocenters. The van der Waals surface area contributed by atoms with Gasteiger partial charge in [-0.05, 0) is 31.7 Å². The monoisotopic (exact) mass is 183 g/mol. The van der Waals surface area contributed by atoms with Crippen LogP contribution in [0.1, 0.15) is 33.1 Å². The van der Waals surface area contributed by atoms with Crippen LogP contribution in [0.4, 0.5) is 0 Å². The van der Waals surface area contributed by atoms with Crippen LogP contribution in [-0.2, 0) is 4.79 Å². The number of ketones is 1. The molecule has 0 aliphatic heterocycles. The molecule has 0 spiro atoms. The predicted octanol–water partition coefficient (Wildman–Crippen LogP) is 1.94. The van der Waals surface area contributed by atoms with Crippen molar-refractivity contribution >= 4 is 5.78 Å². The highest BCUT2D eigenvalue weighted by Gasteiger charge is 2.33. The smallest absolute Gasteiger partial charge is 0.146 e. The van der Waals surface area contributed by atoms with Crippen molar-refractivity contribution in [3.05, 3.63) is 0 Å². The van der Waals surface area contributed by atoms with Crippen LogP contribution in [0, 0.1) is 11.8 Å². The lowest BCUT2D eigenvalue weighted by Gasteiger charge is -2.14. The Morgan fingerprint density at radius 2 is 2.15 bits per heavy atom. The van der Waals surface area contributed by atoms with Gasteiger partial charge in [0.15, 0.2) is 0 Å². The van der Waals surface area contributed by atoms with Crippen LogP contribution in [0.5, 0.6) is 0 Å². The Balaban J connectivity index is 2.09. The van der Waals surface area contributed by atoms with E-state index >= 15 is 0 Å². The number of Topliss-reactive ketones (excluding diaryl/α,β-unsaturated/α-hetero) is 1. The van der Waals surface area contributed by atoms with Gasteiger partial charge in [0.25, 0.3) is 0 Å². The SMILES string of the molecule is CCCC(=O)CN(C)CC1CC1C. The van der Waals surface area contributed by atoms with Gasteiger partial charge in [-0.1, -0.05) is 13.8 Å². The summed E-state index contributed by atoms with van der Waals surface area (Å²) >= 11 is 0. The van der Waals surface area contributed by atoms with Crippen molar-refractivity contribution in [2.24, 2.45) is 11.8 Å². The zero-order chi connectivity index (χ0) is 9.84. The molecule has 76 valence electrons. The van der Waals surface area contributed by atoms with Crippen LogP contribution in [0.3, 0.4) is 0 Å². The van der Waals surface area contributed by atoms with Gasteiger partial charge >= 0.3 is 0 Å². The van der Waals surface area contributed by atoms with Gasteiger partial charge in [-0.3, -0.25) is 9.69 Å². The molecule has 2 nitrogen and oxygen atoms in total. The Kier molecular flexibility index (Phi) is 3.91. The molecule has 1 rings (SSSR count). The predicted molar refractivity (Wildman–Crippen MR) is 54.7 cm³/mol. The fraction of sp³-hybridized carbons (Fsp3) is 0.909. The molecule has 13 heavy (non-hydrogen) atoms. The summed E-state index contributed by atoms with van der Waals surface area (Å²) in [5.74, 6) is 2.14. The van der Waals surface area contributed by atoms with E-state index in [9.17, 15) is 4.79 Å². The standard InChI is InChI=1S/C11H21NO/c1-4-5-11(13)8-12(3)7-10-6-9(10)2/h9-10H,4-8H2,1-3H3. The molecule has 1 aliphatic carbocycles. The summed E-state index contributed by atoms with van der Waals surface area (Å²) in [5, 5.41) is 0. The zero-order valence-corrected chi connectivity index (χ0v) is 9.05. The van der Waals surface area contributed by atoms with Crippen LogP contribution < -0.4 is 0 Å². The Bertz CT molecular complexity index is 179. The zero-order valence-electron chi connectivity index (χ0n) is 9.05. The summed E-state index contributed by atoms with van der Waals surface area (Å²) in [5.41, 5.74) is 0. The lowest BCUT2D eigenvalue weighted by molar-refractivity contribution is -0.120. The number of likely N-dealkylation sites (N-methyl/N-ethyl adjacent to an activating group) is 1. The third-order valence-electron chi connectivity index (χ3n) is 2.80. The number of carbonyl (C=O) groups is 1. The molecule has 0 heterocycles. The third kappa shape index (κ3) is 3.90. The summed E-state index contributed by atoms with van der Waals surface area (Å²) in [6.07, 6.45) is 3.07. The normalized spacial score (nSPS) is 26.5. The highest BCUT2D eigenvalue weighted by Crippen LogP contribution is 2.37. The first-order chi connectivity index (χ1) is 6.13. The van der Waals surface area contributed by atoms with E-state index in [1.807, 2.05) is 0 Å². The van der Waals surface area contributed by atoms with Crippen molar-refractivity contribution in [1.29, 1.82) is 0 Å². The molecule has 1 saturated carbocycles. The van der Waals surface area contributed by atoms with Gasteiger partial charge in [-0.2, -0.15) is 0 Å². The van der Waals surface area contributed by atoms with Gasteiger partial charge in [0.1, 0.15) is 5.78 Å². The van der Waals surface area contributed by atoms with Crippen LogP contribution >= 0.6 is 0 Å². The lowest BCUT2D eigenvalue weighted by atomic mass is 10.2. The topological polar surface area (TPSA) is 20.3 Å². The number of hydrogen-bond donors (Lipinski definition) is 0. The first-order valence-electron chi connectivity index (χ1n) is 5.33. The summed E-state index contributed by atoms with van der Waals surface area (Å²) in [7, 11) is 2.05. The average Bonchev–Trinajstić information content (AvgIpc) is 2.65. The Labute approximate surface area is 81.3 Å². The molecule has 1 aliphatic rings. The highest BCUT2D eigenvalue weighted by molar-refractivity contribution is 5.80. The van der Waals surface area contributed by atoms with E-state index in [2.05, 4.69) is 25.8 Å². The number of rotatable bonds is 6. The van der Waals surface area contributed by atoms with E-state index in [0.29, 0.717) is 12.3 Å². The van der Waals surface area contributed by atoms with Gasteiger partial charge in [0, 0.05) is 13.0 Å². The van der Waals surface area contributed by atoms with Crippen LogP contribution in [0.15, 0.2) is 0 Å². The summed E-state index contributed by atoms with van der Waals surface area (Å²) in [4.78, 5) is 13.5. The molecule has 0 amide bonds. The van der Waals surface area contributed by atoms with Crippen molar-refractivity contribution in [3.63, 3.8) is 0 Å². The van der Waals surface area contributed by atoms with Crippen molar-refractivity contribution in [1.82, 2.24) is 4.90 Å². The number of nitrogens with zero attached hydrogens (tertiary/aromatic N) is 1. The second-order valence-corrected chi connectivity index (χ2v) is 4.46. The van der Waals surface area contributed by atoms with Gasteiger partial charge in [0.2, 0.25) is 0 Å². The summed E-state index contributed by atoms with van der Waals surface area (Å²) in [6, 6.07) is 0. The van der Waals surface area contributed by atoms with Crippen LogP contribution in [0.25, 0.3) is 0 Å². The minimum Gasteiger partial charge on any atom is -0.299 e. The van der Waals surface area contributed by atoms with E-state index in [1.165, 1.54) is 6.42 Å². The van der Waals surface area contributed by atoms with E-state index in [0.717, 1.165) is 31.2 Å². The first kappa shape index (κ1) is 10.7. The Morgan fingerprint density at radius 3 is 2.62 bits per heavy atom. The molecule has 1 fully saturated rings. The number of carbonyl (C=O) groups excluding carboxylic acids is 1. The van der Waals surface area contributed by atoms with Crippen molar-refractivity contribution in [3.8, 4) is 0 Å². The van der Waals surface area contributed by atoms with E-state index < -0.39 is 0 Å². The van der Waals surface area contributed by atoms with Gasteiger partial charge in [-0.15, -0.1) is 0 Å². The maximum atomic E-state index is 11.3. The summed E-state index contributed by atoms with van der Waals surface area (Å²) < 4.78 is 0. The molecule has 0 aromatic heterocycles. The molecule has 2 heteroatoms. The minimum absolute atomic E-state index is 0.387. The fourth-order valence-corrected chi connectivity index (χ4v) is 1.78. The Morgan fingerprint density at radius 1 is 1.54 bits per heavy atom. The van der Waals surface area contributed by atoms with Crippen molar-refractivity contribution in [2.45, 2.75) is 33.1 Å². The largest absolute Gasteiger partial charge is 0.299 e. The van der Waals surface area contributed by atoms with Gasteiger partial charge in [0.05, 0.1) is 6.54 Å². The molecule has 0 aromatic carbocycles. The molecular formula is C11H21NO. The second kappa shape index (κ2) is 4.75. The fourth-order valence-electron chi connectivity index (χ4n) is 1.78. The molecule has 0 aromatic rings. The summed E-state index contributed by atoms with van der Waals surface area (Å²) in [6.45, 7) is 6.10. The first-order valence-corrected chi connectivity index (χ1v) is 5.33. The van der Waals surface area contributed by atoms with Crippen molar-refractivity contribution < 1.29 is 4.79 Å². The molecule has 0 radical (unpaired) electrons. The highest BCUT2D eigenvalue weighted by atomic mass is 16.1. The van der Waals surface area contributed by atoms with E-state index in [4.69, 9.17) is 0 Å². The molecule has 0 N–H and O–H groups in total. The van der Waals surface area contributed by atoms with Crippen LogP contribution in [-0.4, -0.2) is 30.8 Å². The third-order valence-corrected chi connectivity index (χ3v) is 2.80. The van der Waals surface area contributed by atoms with Gasteiger partial charge in [-0.25, -0.2) is 0 Å². The molecule has 2 atom stereocenters.